The van der Waals surface area contributed by atoms with E-state index in [0.717, 1.165) is 49.2 Å². The number of likely N-dealkylation sites (tertiary alicyclic amines) is 1. The maximum Gasteiger partial charge on any atom is 0.234 e. The monoisotopic (exact) mass is 560 g/mol. The smallest absolute Gasteiger partial charge is 0.234 e. The van der Waals surface area contributed by atoms with Crippen molar-refractivity contribution in [2.24, 2.45) is 0 Å². The Labute approximate surface area is 244 Å². The standard InChI is InChI=1S/C31H32N10O/c1-20(2)42-28-10-9-25-31(39-28)41(30(37-25)24-4-3-14-35-29(24)33)23-7-5-21(6-8-23)19-40-16-12-22(13-17-40)36-26-11-15-34-27(18-32)38-26/h3-11,14-15,20,22H,12-13,16-17,19H2,1-2H3,(H2,33,35)(H,34,36,38). The quantitative estimate of drug-likeness (QED) is 0.276. The molecule has 0 amide bonds. The molecule has 0 atom stereocenters. The molecule has 0 unspecified atom stereocenters. The molecule has 4 aromatic heterocycles. The van der Waals surface area contributed by atoms with Crippen molar-refractivity contribution in [2.45, 2.75) is 45.4 Å². The number of nitrogens with two attached hydrogens (primary N) is 1. The van der Waals surface area contributed by atoms with E-state index in [1.165, 1.54) is 5.56 Å². The van der Waals surface area contributed by atoms with E-state index < -0.39 is 0 Å². The maximum atomic E-state index is 9.05. The molecule has 3 N–H and O–H groups in total. The van der Waals surface area contributed by atoms with Gasteiger partial charge in [-0.25, -0.2) is 19.9 Å². The molecule has 42 heavy (non-hydrogen) atoms. The Morgan fingerprint density at radius 2 is 1.81 bits per heavy atom. The van der Waals surface area contributed by atoms with Gasteiger partial charge in [0.15, 0.2) is 11.5 Å². The van der Waals surface area contributed by atoms with Crippen molar-refractivity contribution in [1.82, 2.24) is 34.4 Å². The zero-order valence-corrected chi connectivity index (χ0v) is 23.6. The van der Waals surface area contributed by atoms with Gasteiger partial charge in [0, 0.05) is 49.8 Å². The van der Waals surface area contributed by atoms with Gasteiger partial charge in [-0.1, -0.05) is 12.1 Å². The summed E-state index contributed by atoms with van der Waals surface area (Å²) in [7, 11) is 0. The maximum absolute atomic E-state index is 9.05. The van der Waals surface area contributed by atoms with Crippen molar-refractivity contribution in [1.29, 1.82) is 5.26 Å². The fourth-order valence-electron chi connectivity index (χ4n) is 5.23. The first-order chi connectivity index (χ1) is 20.5. The molecule has 0 aliphatic carbocycles. The molecule has 0 bridgehead atoms. The Bertz CT molecular complexity index is 1730. The number of imidazole rings is 1. The van der Waals surface area contributed by atoms with Crippen LogP contribution in [0.1, 0.15) is 38.1 Å². The molecule has 11 nitrogen and oxygen atoms in total. The van der Waals surface area contributed by atoms with Gasteiger partial charge in [-0.15, -0.1) is 0 Å². The Hall–Kier alpha value is -5.08. The number of rotatable bonds is 8. The predicted octanol–water partition coefficient (Wildman–Crippen LogP) is 4.59. The summed E-state index contributed by atoms with van der Waals surface area (Å²) in [6, 6.07) is 20.2. The number of piperidine rings is 1. The Morgan fingerprint density at radius 1 is 1.00 bits per heavy atom. The lowest BCUT2D eigenvalue weighted by molar-refractivity contribution is 0.211. The van der Waals surface area contributed by atoms with Crippen LogP contribution in [0.2, 0.25) is 0 Å². The topological polar surface area (TPSA) is 144 Å². The van der Waals surface area contributed by atoms with Crippen LogP contribution in [0, 0.1) is 11.3 Å². The molecule has 6 rings (SSSR count). The van der Waals surface area contributed by atoms with Gasteiger partial charge in [0.2, 0.25) is 11.7 Å². The largest absolute Gasteiger partial charge is 0.475 e. The number of pyridine rings is 2. The van der Waals surface area contributed by atoms with Gasteiger partial charge in [-0.2, -0.15) is 10.2 Å². The molecule has 5 heterocycles. The average Bonchev–Trinajstić information content (AvgIpc) is 3.37. The van der Waals surface area contributed by atoms with Crippen LogP contribution in [-0.4, -0.2) is 59.6 Å². The lowest BCUT2D eigenvalue weighted by Gasteiger charge is -2.32. The molecule has 11 heteroatoms. The summed E-state index contributed by atoms with van der Waals surface area (Å²) in [4.78, 5) is 24.6. The number of ether oxygens (including phenoxy) is 1. The van der Waals surface area contributed by atoms with Crippen LogP contribution in [0.15, 0.2) is 67.0 Å². The third-order valence-electron chi connectivity index (χ3n) is 7.21. The van der Waals surface area contributed by atoms with E-state index in [4.69, 9.17) is 25.7 Å². The van der Waals surface area contributed by atoms with Crippen LogP contribution < -0.4 is 15.8 Å². The van der Waals surface area contributed by atoms with Crippen LogP contribution in [0.5, 0.6) is 5.88 Å². The van der Waals surface area contributed by atoms with Crippen LogP contribution in [0.3, 0.4) is 0 Å². The highest BCUT2D eigenvalue weighted by molar-refractivity contribution is 5.83. The van der Waals surface area contributed by atoms with Crippen molar-refractivity contribution >= 4 is 22.8 Å². The van der Waals surface area contributed by atoms with E-state index in [-0.39, 0.29) is 11.9 Å². The predicted molar refractivity (Wildman–Crippen MR) is 161 cm³/mol. The van der Waals surface area contributed by atoms with Gasteiger partial charge in [0.05, 0.1) is 11.7 Å². The number of anilines is 2. The van der Waals surface area contributed by atoms with Crippen LogP contribution in [-0.2, 0) is 6.54 Å². The number of nitriles is 1. The molecule has 1 aliphatic rings. The highest BCUT2D eigenvalue weighted by atomic mass is 16.5. The molecule has 0 spiro atoms. The highest BCUT2D eigenvalue weighted by Crippen LogP contribution is 2.31. The first kappa shape index (κ1) is 27.1. The number of nitrogens with zero attached hydrogens (tertiary/aromatic N) is 8. The van der Waals surface area contributed by atoms with Gasteiger partial charge < -0.3 is 15.8 Å². The highest BCUT2D eigenvalue weighted by Gasteiger charge is 2.21. The molecule has 5 aromatic rings. The summed E-state index contributed by atoms with van der Waals surface area (Å²) >= 11 is 0. The van der Waals surface area contributed by atoms with Crippen LogP contribution in [0.4, 0.5) is 11.6 Å². The third-order valence-corrected chi connectivity index (χ3v) is 7.21. The van der Waals surface area contributed by atoms with Crippen LogP contribution in [0.25, 0.3) is 28.2 Å². The van der Waals surface area contributed by atoms with E-state index in [1.807, 2.05) is 48.7 Å². The van der Waals surface area contributed by atoms with Crippen molar-refractivity contribution in [2.75, 3.05) is 24.1 Å². The molecule has 1 aliphatic heterocycles. The van der Waals surface area contributed by atoms with Crippen LogP contribution >= 0.6 is 0 Å². The van der Waals surface area contributed by atoms with Gasteiger partial charge in [-0.3, -0.25) is 9.47 Å². The first-order valence-electron chi connectivity index (χ1n) is 14.0. The molecule has 1 fully saturated rings. The fraction of sp³-hybridized carbons (Fsp3) is 0.290. The summed E-state index contributed by atoms with van der Waals surface area (Å²) in [5.41, 5.74) is 10.6. The Kier molecular flexibility index (Phi) is 7.62. The fourth-order valence-corrected chi connectivity index (χ4v) is 5.23. The minimum absolute atomic E-state index is 0.00335. The lowest BCUT2D eigenvalue weighted by Crippen LogP contribution is -2.38. The number of nitrogens with one attached hydrogen (secondary N) is 1. The molecular weight excluding hydrogens is 528 g/mol. The van der Waals surface area contributed by atoms with E-state index in [1.54, 1.807) is 18.5 Å². The first-order valence-corrected chi connectivity index (χ1v) is 14.0. The number of hydrogen-bond donors (Lipinski definition) is 2. The zero-order valence-electron chi connectivity index (χ0n) is 23.6. The Balaban J connectivity index is 1.20. The molecule has 1 saturated heterocycles. The number of nitrogen functional groups attached to an aromatic ring is 1. The normalized spacial score (nSPS) is 14.2. The summed E-state index contributed by atoms with van der Waals surface area (Å²) < 4.78 is 7.90. The second kappa shape index (κ2) is 11.8. The minimum atomic E-state index is 0.00335. The molecule has 0 radical (unpaired) electrons. The number of aromatic nitrogens is 6. The van der Waals surface area contributed by atoms with Crippen molar-refractivity contribution in [3.63, 3.8) is 0 Å². The van der Waals surface area contributed by atoms with Crippen molar-refractivity contribution in [3.8, 4) is 29.0 Å². The van der Waals surface area contributed by atoms with E-state index in [9.17, 15) is 0 Å². The number of fused-ring (bicyclic) bond motifs is 1. The summed E-state index contributed by atoms with van der Waals surface area (Å²) in [5.74, 6) is 2.52. The van der Waals surface area contributed by atoms with Crippen molar-refractivity contribution < 1.29 is 4.74 Å². The lowest BCUT2D eigenvalue weighted by atomic mass is 10.0. The average molecular weight is 561 g/mol. The summed E-state index contributed by atoms with van der Waals surface area (Å²) in [6.45, 7) is 6.75. The minimum Gasteiger partial charge on any atom is -0.475 e. The Morgan fingerprint density at radius 3 is 2.55 bits per heavy atom. The van der Waals surface area contributed by atoms with E-state index in [2.05, 4.69) is 49.4 Å². The van der Waals surface area contributed by atoms with Crippen molar-refractivity contribution in [3.05, 3.63) is 78.4 Å². The second-order valence-corrected chi connectivity index (χ2v) is 10.6. The molecule has 212 valence electrons. The van der Waals surface area contributed by atoms with E-state index >= 15 is 0 Å². The summed E-state index contributed by atoms with van der Waals surface area (Å²) in [6.07, 6.45) is 5.28. The second-order valence-electron chi connectivity index (χ2n) is 10.6. The summed E-state index contributed by atoms with van der Waals surface area (Å²) in [5, 5.41) is 12.5. The number of hydrogen-bond acceptors (Lipinski definition) is 10. The van der Waals surface area contributed by atoms with Gasteiger partial charge in [-0.05, 0) is 68.7 Å². The third kappa shape index (κ3) is 5.84. The SMILES string of the molecule is CC(C)Oc1ccc2nc(-c3cccnc3N)n(-c3ccc(CN4CCC(Nc5ccnc(C#N)n5)CC4)cc3)c2n1. The van der Waals surface area contributed by atoms with Gasteiger partial charge >= 0.3 is 0 Å². The zero-order chi connectivity index (χ0) is 29.1. The van der Waals surface area contributed by atoms with Gasteiger partial charge in [0.1, 0.15) is 23.2 Å². The molecule has 1 aromatic carbocycles. The van der Waals surface area contributed by atoms with E-state index in [0.29, 0.717) is 35.0 Å². The molecular formula is C31H32N10O. The number of benzene rings is 1. The van der Waals surface area contributed by atoms with Gasteiger partial charge in [0.25, 0.3) is 0 Å². The molecule has 0 saturated carbocycles.